The fourth-order valence-electron chi connectivity index (χ4n) is 5.20. The van der Waals surface area contributed by atoms with Gasteiger partial charge in [-0.15, -0.1) is 0 Å². The van der Waals surface area contributed by atoms with Crippen molar-refractivity contribution in [3.05, 3.63) is 11.6 Å². The van der Waals surface area contributed by atoms with Gasteiger partial charge in [-0.2, -0.15) is 0 Å². The van der Waals surface area contributed by atoms with E-state index >= 15 is 0 Å². The van der Waals surface area contributed by atoms with Crippen LogP contribution in [0.2, 0.25) is 0 Å². The van der Waals surface area contributed by atoms with Crippen LogP contribution in [-0.2, 0) is 4.79 Å². The zero-order valence-electron chi connectivity index (χ0n) is 11.7. The van der Waals surface area contributed by atoms with Crippen molar-refractivity contribution in [3.63, 3.8) is 0 Å². The molecular formula is C15H22O4. The van der Waals surface area contributed by atoms with Crippen LogP contribution in [0, 0.1) is 22.7 Å². The van der Waals surface area contributed by atoms with E-state index in [1.54, 1.807) is 6.92 Å². The van der Waals surface area contributed by atoms with Crippen LogP contribution in [0.3, 0.4) is 0 Å². The molecule has 0 bridgehead atoms. The number of allylic oxidation sites excluding steroid dienone is 1. The summed E-state index contributed by atoms with van der Waals surface area (Å²) < 4.78 is 0. The minimum Gasteiger partial charge on any atom is -0.478 e. The van der Waals surface area contributed by atoms with Gasteiger partial charge in [0, 0.05) is 16.9 Å². The van der Waals surface area contributed by atoms with Crippen LogP contribution >= 0.6 is 0 Å². The first kappa shape index (κ1) is 13.1. The van der Waals surface area contributed by atoms with Gasteiger partial charge in [0.1, 0.15) is 0 Å². The van der Waals surface area contributed by atoms with Crippen LogP contribution in [0.25, 0.3) is 0 Å². The second kappa shape index (κ2) is 3.41. The van der Waals surface area contributed by atoms with Crippen molar-refractivity contribution in [2.24, 2.45) is 22.7 Å². The van der Waals surface area contributed by atoms with E-state index in [0.29, 0.717) is 12.0 Å². The SMILES string of the molecule is CC1(C)C[C@H]2C=C(C(=O)O)[C@@H]3C[C@H](O)[C@@](C)(O)[C@]23C1. The second-order valence-corrected chi connectivity index (χ2v) is 7.57. The number of hydrogen-bond acceptors (Lipinski definition) is 3. The molecule has 0 aromatic carbocycles. The fourth-order valence-corrected chi connectivity index (χ4v) is 5.20. The number of carboxylic acids is 1. The smallest absolute Gasteiger partial charge is 0.331 e. The molecule has 0 amide bonds. The highest BCUT2D eigenvalue weighted by Gasteiger charge is 2.72. The van der Waals surface area contributed by atoms with Gasteiger partial charge in [-0.3, -0.25) is 0 Å². The molecule has 0 aromatic rings. The lowest BCUT2D eigenvalue weighted by Crippen LogP contribution is -2.50. The normalized spacial score (nSPS) is 50.8. The van der Waals surface area contributed by atoms with Gasteiger partial charge in [-0.25, -0.2) is 4.79 Å². The van der Waals surface area contributed by atoms with Gasteiger partial charge in [0.2, 0.25) is 0 Å². The molecule has 106 valence electrons. The summed E-state index contributed by atoms with van der Waals surface area (Å²) in [5.74, 6) is -1.06. The van der Waals surface area contributed by atoms with E-state index in [2.05, 4.69) is 13.8 Å². The van der Waals surface area contributed by atoms with Gasteiger partial charge in [0.05, 0.1) is 11.7 Å². The van der Waals surface area contributed by atoms with Crippen LogP contribution in [0.5, 0.6) is 0 Å². The second-order valence-electron chi connectivity index (χ2n) is 7.57. The van der Waals surface area contributed by atoms with Gasteiger partial charge in [-0.1, -0.05) is 19.9 Å². The Morgan fingerprint density at radius 2 is 2.00 bits per heavy atom. The number of carbonyl (C=O) groups is 1. The van der Waals surface area contributed by atoms with Gasteiger partial charge >= 0.3 is 5.97 Å². The quantitative estimate of drug-likeness (QED) is 0.673. The standard InChI is InChI=1S/C15H22O4/c1-13(2)6-8-4-9(12(17)18)10-5-11(16)14(3,19)15(8,10)7-13/h4,8,10-11,16,19H,5-7H2,1-3H3,(H,17,18)/t8-,10+,11+,14-,15-/m1/s1. The molecule has 0 unspecified atom stereocenters. The first-order chi connectivity index (χ1) is 8.62. The number of aliphatic carboxylic acids is 1. The Balaban J connectivity index is 2.14. The number of aliphatic hydroxyl groups is 2. The molecule has 0 heterocycles. The third-order valence-electron chi connectivity index (χ3n) is 5.88. The van der Waals surface area contributed by atoms with Crippen molar-refractivity contribution in [1.29, 1.82) is 0 Å². The molecule has 3 rings (SSSR count). The largest absolute Gasteiger partial charge is 0.478 e. The third-order valence-corrected chi connectivity index (χ3v) is 5.88. The van der Waals surface area contributed by atoms with E-state index in [1.165, 1.54) is 0 Å². The zero-order chi connectivity index (χ0) is 14.2. The van der Waals surface area contributed by atoms with Gasteiger partial charge in [0.15, 0.2) is 0 Å². The van der Waals surface area contributed by atoms with Crippen LogP contribution in [0.15, 0.2) is 11.6 Å². The summed E-state index contributed by atoms with van der Waals surface area (Å²) in [7, 11) is 0. The molecule has 3 aliphatic carbocycles. The molecule has 4 heteroatoms. The summed E-state index contributed by atoms with van der Waals surface area (Å²) in [6.07, 6.45) is 3.02. The molecule has 5 atom stereocenters. The van der Waals surface area contributed by atoms with Crippen LogP contribution < -0.4 is 0 Å². The predicted molar refractivity (Wildman–Crippen MR) is 69.4 cm³/mol. The molecule has 2 saturated carbocycles. The minimum absolute atomic E-state index is 0.0609. The van der Waals surface area contributed by atoms with Crippen molar-refractivity contribution < 1.29 is 20.1 Å². The highest BCUT2D eigenvalue weighted by atomic mass is 16.4. The predicted octanol–water partition coefficient (Wildman–Crippen LogP) is 1.57. The molecule has 19 heavy (non-hydrogen) atoms. The van der Waals surface area contributed by atoms with Crippen molar-refractivity contribution >= 4 is 5.97 Å². The maximum Gasteiger partial charge on any atom is 0.331 e. The summed E-state index contributed by atoms with van der Waals surface area (Å²) in [5, 5.41) is 30.4. The average molecular weight is 266 g/mol. The number of rotatable bonds is 1. The molecule has 4 nitrogen and oxygen atoms in total. The average Bonchev–Trinajstić information content (AvgIpc) is 2.74. The molecular weight excluding hydrogens is 244 g/mol. The van der Waals surface area contributed by atoms with Crippen molar-refractivity contribution in [2.45, 2.75) is 51.7 Å². The highest BCUT2D eigenvalue weighted by Crippen LogP contribution is 2.71. The Morgan fingerprint density at radius 3 is 2.58 bits per heavy atom. The van der Waals surface area contributed by atoms with Gasteiger partial charge in [0.25, 0.3) is 0 Å². The fraction of sp³-hybridized carbons (Fsp3) is 0.800. The third kappa shape index (κ3) is 1.39. The zero-order valence-corrected chi connectivity index (χ0v) is 11.7. The molecule has 1 spiro atoms. The van der Waals surface area contributed by atoms with Crippen LogP contribution in [-0.4, -0.2) is 33.0 Å². The summed E-state index contributed by atoms with van der Waals surface area (Å²) >= 11 is 0. The molecule has 2 fully saturated rings. The number of aliphatic hydroxyl groups excluding tert-OH is 1. The minimum atomic E-state index is -1.20. The van der Waals surface area contributed by atoms with Crippen LogP contribution in [0.4, 0.5) is 0 Å². The van der Waals surface area contributed by atoms with E-state index in [4.69, 9.17) is 0 Å². The summed E-state index contributed by atoms with van der Waals surface area (Å²) in [6, 6.07) is 0. The Kier molecular flexibility index (Phi) is 2.36. The topological polar surface area (TPSA) is 77.8 Å². The number of hydrogen-bond donors (Lipinski definition) is 3. The molecule has 0 aliphatic heterocycles. The first-order valence-corrected chi connectivity index (χ1v) is 6.97. The van der Waals surface area contributed by atoms with Crippen molar-refractivity contribution in [1.82, 2.24) is 0 Å². The molecule has 0 aromatic heterocycles. The summed E-state index contributed by atoms with van der Waals surface area (Å²) in [5.41, 5.74) is -1.22. The van der Waals surface area contributed by atoms with Gasteiger partial charge < -0.3 is 15.3 Å². The lowest BCUT2D eigenvalue weighted by atomic mass is 9.65. The summed E-state index contributed by atoms with van der Waals surface area (Å²) in [4.78, 5) is 11.4. The van der Waals surface area contributed by atoms with Crippen molar-refractivity contribution in [2.75, 3.05) is 0 Å². The summed E-state index contributed by atoms with van der Waals surface area (Å²) in [6.45, 7) is 6.00. The monoisotopic (exact) mass is 266 g/mol. The lowest BCUT2D eigenvalue weighted by Gasteiger charge is -2.43. The van der Waals surface area contributed by atoms with Crippen LogP contribution in [0.1, 0.15) is 40.0 Å². The number of carboxylic acid groups (broad SMARTS) is 1. The first-order valence-electron chi connectivity index (χ1n) is 6.97. The molecule has 3 N–H and O–H groups in total. The van der Waals surface area contributed by atoms with Crippen molar-refractivity contribution in [3.8, 4) is 0 Å². The molecule has 0 radical (unpaired) electrons. The van der Waals surface area contributed by atoms with Gasteiger partial charge in [-0.05, 0) is 37.5 Å². The Bertz CT molecular complexity index is 477. The van der Waals surface area contributed by atoms with E-state index in [1.807, 2.05) is 6.08 Å². The Hall–Kier alpha value is -0.870. The lowest BCUT2D eigenvalue weighted by molar-refractivity contribution is -0.135. The Morgan fingerprint density at radius 1 is 1.37 bits per heavy atom. The van der Waals surface area contributed by atoms with E-state index in [9.17, 15) is 20.1 Å². The Labute approximate surface area is 113 Å². The molecule has 0 saturated heterocycles. The van der Waals surface area contributed by atoms with E-state index in [-0.39, 0.29) is 17.3 Å². The maximum atomic E-state index is 11.4. The highest BCUT2D eigenvalue weighted by molar-refractivity contribution is 5.88. The van der Waals surface area contributed by atoms with E-state index in [0.717, 1.165) is 12.8 Å². The molecule has 3 aliphatic rings. The maximum absolute atomic E-state index is 11.4. The van der Waals surface area contributed by atoms with E-state index < -0.39 is 23.1 Å².